The number of carbonyl (C=O) groups is 2. The van der Waals surface area contributed by atoms with E-state index in [4.69, 9.17) is 9.47 Å². The van der Waals surface area contributed by atoms with Gasteiger partial charge in [0, 0.05) is 5.56 Å². The van der Waals surface area contributed by atoms with Crippen LogP contribution in [0.2, 0.25) is 0 Å². The van der Waals surface area contributed by atoms with Gasteiger partial charge in [-0.05, 0) is 83.5 Å². The molecule has 5 rings (SSSR count). The number of nitrogens with zero attached hydrogens (tertiary/aromatic N) is 1. The van der Waals surface area contributed by atoms with Crippen molar-refractivity contribution in [3.8, 4) is 16.9 Å². The lowest BCUT2D eigenvalue weighted by Crippen LogP contribution is -2.31. The smallest absolute Gasteiger partial charge is 0.416 e. The van der Waals surface area contributed by atoms with E-state index in [-0.39, 0.29) is 47.8 Å². The Bertz CT molecular complexity index is 1670. The number of aliphatic carboxylic acids is 1. The molecule has 3 aromatic rings. The van der Waals surface area contributed by atoms with Gasteiger partial charge in [0.25, 0.3) is 0 Å². The normalized spacial score (nSPS) is 20.6. The fourth-order valence-electron chi connectivity index (χ4n) is 6.27. The van der Waals surface area contributed by atoms with Crippen LogP contribution in [0.25, 0.3) is 11.1 Å². The minimum absolute atomic E-state index is 0.00703. The van der Waals surface area contributed by atoms with E-state index in [0.29, 0.717) is 17.7 Å². The van der Waals surface area contributed by atoms with Gasteiger partial charge in [0.1, 0.15) is 11.9 Å². The lowest BCUT2D eigenvalue weighted by atomic mass is 9.88. The zero-order valence-electron chi connectivity index (χ0n) is 24.6. The third kappa shape index (κ3) is 6.70. The van der Waals surface area contributed by atoms with Crippen molar-refractivity contribution in [3.63, 3.8) is 0 Å². The van der Waals surface area contributed by atoms with Gasteiger partial charge in [0.15, 0.2) is 0 Å². The summed E-state index contributed by atoms with van der Waals surface area (Å²) < 4.78 is 134. The Morgan fingerprint density at radius 1 is 0.872 bits per heavy atom. The maximum atomic E-state index is 14.0. The number of methoxy groups -OCH3 is 1. The molecule has 0 bridgehead atoms. The van der Waals surface area contributed by atoms with Crippen LogP contribution in [0.5, 0.6) is 5.75 Å². The molecule has 0 radical (unpaired) electrons. The first-order valence-corrected chi connectivity index (χ1v) is 14.2. The number of carboxylic acid groups (broad SMARTS) is 1. The lowest BCUT2D eigenvalue weighted by Gasteiger charge is -2.26. The average molecular weight is 676 g/mol. The fraction of sp³-hybridized carbons (Fsp3) is 0.375. The summed E-state index contributed by atoms with van der Waals surface area (Å²) in [7, 11) is 1.32. The Labute approximate surface area is 261 Å². The van der Waals surface area contributed by atoms with Crippen LogP contribution in [0, 0.1) is 0 Å². The number of ether oxygens (including phenoxy) is 2. The molecule has 47 heavy (non-hydrogen) atoms. The molecule has 0 aliphatic carbocycles. The van der Waals surface area contributed by atoms with Crippen LogP contribution in [0.3, 0.4) is 0 Å². The Kier molecular flexibility index (Phi) is 8.65. The molecule has 2 fully saturated rings. The first-order chi connectivity index (χ1) is 21.8. The van der Waals surface area contributed by atoms with Gasteiger partial charge < -0.3 is 14.6 Å². The zero-order valence-corrected chi connectivity index (χ0v) is 24.6. The van der Waals surface area contributed by atoms with Crippen molar-refractivity contribution in [2.24, 2.45) is 0 Å². The summed E-state index contributed by atoms with van der Waals surface area (Å²) in [6.45, 7) is 1.65. The minimum Gasteiger partial charge on any atom is -0.496 e. The van der Waals surface area contributed by atoms with Crippen molar-refractivity contribution >= 4 is 12.1 Å². The first kappa shape index (κ1) is 33.9. The van der Waals surface area contributed by atoms with Crippen molar-refractivity contribution in [2.45, 2.75) is 68.8 Å². The van der Waals surface area contributed by atoms with Crippen molar-refractivity contribution in [1.29, 1.82) is 0 Å². The number of halogens is 9. The van der Waals surface area contributed by atoms with Gasteiger partial charge in [-0.3, -0.25) is 9.69 Å². The van der Waals surface area contributed by atoms with Gasteiger partial charge in [-0.15, -0.1) is 0 Å². The standard InChI is InChI=1S/C32H26F9NO5/c1-15(9-27(43)44)16-3-8-26(46-2)23(12-16)21-5-4-18(30(33,34)35)14-22(21)24-6-7-25-28(47-29(45)42(24)25)17-10-19(31(36,37)38)13-20(11-17)32(39,40)41/h3-5,8,10-15,24-25,28H,6-7,9H2,1-2H3,(H,43,44)/t15?,24-,25-,28+/m0/s1. The van der Waals surface area contributed by atoms with Gasteiger partial charge >= 0.3 is 30.6 Å². The zero-order chi connectivity index (χ0) is 34.6. The molecule has 6 nitrogen and oxygen atoms in total. The number of alkyl halides is 9. The Morgan fingerprint density at radius 2 is 1.49 bits per heavy atom. The number of cyclic esters (lactones) is 1. The van der Waals surface area contributed by atoms with E-state index in [0.717, 1.165) is 17.0 Å². The fourth-order valence-corrected chi connectivity index (χ4v) is 6.27. The maximum absolute atomic E-state index is 14.0. The highest BCUT2D eigenvalue weighted by molar-refractivity contribution is 5.78. The van der Waals surface area contributed by atoms with Gasteiger partial charge in [0.2, 0.25) is 0 Å². The van der Waals surface area contributed by atoms with Crippen LogP contribution in [-0.4, -0.2) is 35.2 Å². The predicted octanol–water partition coefficient (Wildman–Crippen LogP) is 9.39. The molecule has 0 saturated carbocycles. The summed E-state index contributed by atoms with van der Waals surface area (Å²) >= 11 is 0. The Balaban J connectivity index is 1.62. The van der Waals surface area contributed by atoms with Gasteiger partial charge in [-0.25, -0.2) is 4.79 Å². The number of carboxylic acids is 1. The van der Waals surface area contributed by atoms with Crippen molar-refractivity contribution in [3.05, 3.63) is 88.0 Å². The molecule has 3 aromatic carbocycles. The number of carbonyl (C=O) groups excluding carboxylic acids is 1. The number of amides is 1. The average Bonchev–Trinajstić information content (AvgIpc) is 3.55. The van der Waals surface area contributed by atoms with Gasteiger partial charge in [-0.2, -0.15) is 39.5 Å². The Morgan fingerprint density at radius 3 is 2.04 bits per heavy atom. The molecular formula is C32H26F9NO5. The molecule has 0 aromatic heterocycles. The monoisotopic (exact) mass is 675 g/mol. The first-order valence-electron chi connectivity index (χ1n) is 14.2. The van der Waals surface area contributed by atoms with Crippen LogP contribution in [0.1, 0.15) is 77.6 Å². The molecule has 252 valence electrons. The molecule has 1 N–H and O–H groups in total. The molecule has 2 aliphatic rings. The van der Waals surface area contributed by atoms with E-state index in [9.17, 15) is 54.2 Å². The molecule has 2 heterocycles. The number of benzene rings is 3. The van der Waals surface area contributed by atoms with Crippen LogP contribution >= 0.6 is 0 Å². The van der Waals surface area contributed by atoms with E-state index in [1.54, 1.807) is 19.1 Å². The summed E-state index contributed by atoms with van der Waals surface area (Å²) in [5.74, 6) is -1.36. The third-order valence-electron chi connectivity index (χ3n) is 8.46. The van der Waals surface area contributed by atoms with E-state index in [2.05, 4.69) is 0 Å². The van der Waals surface area contributed by atoms with Crippen molar-refractivity contribution < 1.29 is 63.7 Å². The summed E-state index contributed by atoms with van der Waals surface area (Å²) in [6, 6.07) is 6.20. The summed E-state index contributed by atoms with van der Waals surface area (Å²) in [6.07, 6.45) is -18.1. The largest absolute Gasteiger partial charge is 0.496 e. The van der Waals surface area contributed by atoms with Gasteiger partial charge in [-0.1, -0.05) is 19.1 Å². The number of rotatable bonds is 7. The second-order valence-electron chi connectivity index (χ2n) is 11.5. The van der Waals surface area contributed by atoms with Crippen LogP contribution in [-0.2, 0) is 28.1 Å². The highest BCUT2D eigenvalue weighted by Gasteiger charge is 2.52. The number of hydrogen-bond donors (Lipinski definition) is 1. The Hall–Kier alpha value is -4.43. The van der Waals surface area contributed by atoms with Crippen LogP contribution in [0.15, 0.2) is 54.6 Å². The summed E-state index contributed by atoms with van der Waals surface area (Å²) in [5.41, 5.74) is -3.83. The van der Waals surface area contributed by atoms with E-state index in [1.807, 2.05) is 0 Å². The van der Waals surface area contributed by atoms with E-state index >= 15 is 0 Å². The second-order valence-corrected chi connectivity index (χ2v) is 11.5. The number of fused-ring (bicyclic) bond motifs is 1. The van der Waals surface area contributed by atoms with Crippen molar-refractivity contribution in [1.82, 2.24) is 4.90 Å². The van der Waals surface area contributed by atoms with E-state index in [1.165, 1.54) is 19.2 Å². The van der Waals surface area contributed by atoms with E-state index < -0.39 is 77.0 Å². The number of hydrogen-bond acceptors (Lipinski definition) is 4. The molecule has 1 unspecified atom stereocenters. The summed E-state index contributed by atoms with van der Waals surface area (Å²) in [5, 5.41) is 9.26. The SMILES string of the molecule is COc1ccc(C(C)CC(=O)O)cc1-c1ccc(C(F)(F)F)cc1[C@@H]1CC[C@H]2[C@@H](c3cc(C(F)(F)F)cc(C(F)(F)F)c3)OC(=O)N12. The van der Waals surface area contributed by atoms with Gasteiger partial charge in [0.05, 0.1) is 42.3 Å². The molecule has 0 spiro atoms. The molecular weight excluding hydrogens is 649 g/mol. The minimum atomic E-state index is -5.15. The molecule has 2 aliphatic heterocycles. The maximum Gasteiger partial charge on any atom is 0.416 e. The molecule has 15 heteroatoms. The highest BCUT2D eigenvalue weighted by atomic mass is 19.4. The topological polar surface area (TPSA) is 76.1 Å². The quantitative estimate of drug-likeness (QED) is 0.253. The van der Waals surface area contributed by atoms with Crippen molar-refractivity contribution in [2.75, 3.05) is 7.11 Å². The second kappa shape index (κ2) is 12.0. The predicted molar refractivity (Wildman–Crippen MR) is 147 cm³/mol. The summed E-state index contributed by atoms with van der Waals surface area (Å²) in [4.78, 5) is 25.6. The lowest BCUT2D eigenvalue weighted by molar-refractivity contribution is -0.143. The van der Waals surface area contributed by atoms with Crippen LogP contribution < -0.4 is 4.74 Å². The third-order valence-corrected chi connectivity index (χ3v) is 8.46. The van der Waals surface area contributed by atoms with Crippen LogP contribution in [0.4, 0.5) is 44.3 Å². The molecule has 2 saturated heterocycles. The molecule has 1 amide bonds. The highest BCUT2D eigenvalue weighted by Crippen LogP contribution is 2.51. The molecule has 4 atom stereocenters.